The standard InChI is InChI=1S/C9H18N2O2/c10-11-9(12)7-13-6-8-4-2-1-3-5-8/h8H,1-7,10H2,(H,11,12). The van der Waals surface area contributed by atoms with Gasteiger partial charge in [0.05, 0.1) is 6.61 Å². The Morgan fingerprint density at radius 2 is 2.08 bits per heavy atom. The molecule has 3 N–H and O–H groups in total. The van der Waals surface area contributed by atoms with Crippen molar-refractivity contribution in [2.75, 3.05) is 13.2 Å². The van der Waals surface area contributed by atoms with Crippen molar-refractivity contribution in [3.8, 4) is 0 Å². The summed E-state index contributed by atoms with van der Waals surface area (Å²) in [5.74, 6) is 5.31. The van der Waals surface area contributed by atoms with Gasteiger partial charge in [-0.2, -0.15) is 0 Å². The van der Waals surface area contributed by atoms with Gasteiger partial charge in [0.1, 0.15) is 6.61 Å². The van der Waals surface area contributed by atoms with Gasteiger partial charge in [0.15, 0.2) is 0 Å². The van der Waals surface area contributed by atoms with Gasteiger partial charge in [0, 0.05) is 0 Å². The number of carbonyl (C=O) groups is 1. The topological polar surface area (TPSA) is 64.3 Å². The number of ether oxygens (including phenoxy) is 1. The molecular weight excluding hydrogens is 168 g/mol. The quantitative estimate of drug-likeness (QED) is 0.383. The zero-order valence-electron chi connectivity index (χ0n) is 7.92. The van der Waals surface area contributed by atoms with Crippen LogP contribution in [0.2, 0.25) is 0 Å². The van der Waals surface area contributed by atoms with E-state index < -0.39 is 0 Å². The highest BCUT2D eigenvalue weighted by Crippen LogP contribution is 2.23. The lowest BCUT2D eigenvalue weighted by Gasteiger charge is -2.20. The van der Waals surface area contributed by atoms with E-state index in [9.17, 15) is 4.79 Å². The maximum atomic E-state index is 10.7. The molecule has 1 amide bonds. The number of amides is 1. The molecule has 76 valence electrons. The van der Waals surface area contributed by atoms with E-state index in [-0.39, 0.29) is 12.5 Å². The fraction of sp³-hybridized carbons (Fsp3) is 0.889. The van der Waals surface area contributed by atoms with Crippen molar-refractivity contribution in [2.24, 2.45) is 11.8 Å². The second kappa shape index (κ2) is 5.94. The summed E-state index contributed by atoms with van der Waals surface area (Å²) in [6.07, 6.45) is 6.43. The molecule has 0 aromatic heterocycles. The molecule has 0 aromatic carbocycles. The fourth-order valence-corrected chi connectivity index (χ4v) is 1.71. The first kappa shape index (κ1) is 10.5. The smallest absolute Gasteiger partial charge is 0.259 e. The molecule has 4 nitrogen and oxygen atoms in total. The SMILES string of the molecule is NNC(=O)COCC1CCCCC1. The Hall–Kier alpha value is -0.610. The fourth-order valence-electron chi connectivity index (χ4n) is 1.71. The Kier molecular flexibility index (Phi) is 4.78. The summed E-state index contributed by atoms with van der Waals surface area (Å²) in [6.45, 7) is 0.792. The number of hydrogen-bond donors (Lipinski definition) is 2. The molecule has 0 atom stereocenters. The largest absolute Gasteiger partial charge is 0.371 e. The predicted octanol–water partition coefficient (Wildman–Crippen LogP) is 0.573. The lowest BCUT2D eigenvalue weighted by molar-refractivity contribution is -0.126. The Bertz CT molecular complexity index is 156. The van der Waals surface area contributed by atoms with Crippen LogP contribution in [-0.2, 0) is 9.53 Å². The molecule has 0 aromatic rings. The van der Waals surface area contributed by atoms with Crippen molar-refractivity contribution in [2.45, 2.75) is 32.1 Å². The molecule has 1 aliphatic carbocycles. The average molecular weight is 186 g/mol. The van der Waals surface area contributed by atoms with Crippen molar-refractivity contribution in [1.29, 1.82) is 0 Å². The highest BCUT2D eigenvalue weighted by Gasteiger charge is 2.13. The van der Waals surface area contributed by atoms with E-state index in [0.717, 1.165) is 0 Å². The highest BCUT2D eigenvalue weighted by atomic mass is 16.5. The molecule has 0 saturated heterocycles. The Balaban J connectivity index is 2.01. The normalized spacial score (nSPS) is 18.5. The molecule has 0 aliphatic heterocycles. The van der Waals surface area contributed by atoms with Gasteiger partial charge in [-0.05, 0) is 18.8 Å². The Labute approximate surface area is 78.8 Å². The van der Waals surface area contributed by atoms with Gasteiger partial charge >= 0.3 is 0 Å². The first-order chi connectivity index (χ1) is 6.33. The third-order valence-corrected chi connectivity index (χ3v) is 2.47. The second-order valence-corrected chi connectivity index (χ2v) is 3.59. The van der Waals surface area contributed by atoms with E-state index >= 15 is 0 Å². The number of hydrogen-bond acceptors (Lipinski definition) is 3. The van der Waals surface area contributed by atoms with Crippen LogP contribution < -0.4 is 11.3 Å². The first-order valence-electron chi connectivity index (χ1n) is 4.90. The molecular formula is C9H18N2O2. The monoisotopic (exact) mass is 186 g/mol. The number of nitrogens with two attached hydrogens (primary N) is 1. The van der Waals surface area contributed by atoms with Crippen LogP contribution in [0.25, 0.3) is 0 Å². The van der Waals surface area contributed by atoms with Gasteiger partial charge in [-0.25, -0.2) is 5.84 Å². The molecule has 0 radical (unpaired) electrons. The number of nitrogens with one attached hydrogen (secondary N) is 1. The summed E-state index contributed by atoms with van der Waals surface area (Å²) in [7, 11) is 0. The summed E-state index contributed by atoms with van der Waals surface area (Å²) < 4.78 is 5.23. The average Bonchev–Trinajstić information content (AvgIpc) is 2.19. The summed E-state index contributed by atoms with van der Waals surface area (Å²) in [5, 5.41) is 0. The van der Waals surface area contributed by atoms with E-state index in [1.165, 1.54) is 32.1 Å². The summed E-state index contributed by atoms with van der Waals surface area (Å²) in [6, 6.07) is 0. The van der Waals surface area contributed by atoms with Crippen molar-refractivity contribution in [1.82, 2.24) is 5.43 Å². The van der Waals surface area contributed by atoms with Crippen LogP contribution in [0.4, 0.5) is 0 Å². The zero-order chi connectivity index (χ0) is 9.52. The van der Waals surface area contributed by atoms with Gasteiger partial charge in [0.25, 0.3) is 5.91 Å². The van der Waals surface area contributed by atoms with Crippen molar-refractivity contribution >= 4 is 5.91 Å². The lowest BCUT2D eigenvalue weighted by Crippen LogP contribution is -2.34. The molecule has 1 fully saturated rings. The third kappa shape index (κ3) is 4.24. The highest BCUT2D eigenvalue weighted by molar-refractivity contribution is 5.76. The van der Waals surface area contributed by atoms with Gasteiger partial charge in [-0.1, -0.05) is 19.3 Å². The van der Waals surface area contributed by atoms with Crippen LogP contribution in [0.3, 0.4) is 0 Å². The molecule has 0 spiro atoms. The van der Waals surface area contributed by atoms with Crippen LogP contribution in [0, 0.1) is 5.92 Å². The van der Waals surface area contributed by atoms with Gasteiger partial charge < -0.3 is 4.74 Å². The first-order valence-corrected chi connectivity index (χ1v) is 4.90. The van der Waals surface area contributed by atoms with Gasteiger partial charge in [-0.15, -0.1) is 0 Å². The maximum absolute atomic E-state index is 10.7. The molecule has 13 heavy (non-hydrogen) atoms. The second-order valence-electron chi connectivity index (χ2n) is 3.59. The van der Waals surface area contributed by atoms with Crippen LogP contribution >= 0.6 is 0 Å². The van der Waals surface area contributed by atoms with Crippen LogP contribution in [0.1, 0.15) is 32.1 Å². The maximum Gasteiger partial charge on any atom is 0.259 e. The third-order valence-electron chi connectivity index (χ3n) is 2.47. The van der Waals surface area contributed by atoms with Crippen molar-refractivity contribution < 1.29 is 9.53 Å². The minimum atomic E-state index is -0.254. The van der Waals surface area contributed by atoms with Crippen LogP contribution in [0.15, 0.2) is 0 Å². The predicted molar refractivity (Wildman–Crippen MR) is 49.7 cm³/mol. The zero-order valence-corrected chi connectivity index (χ0v) is 7.92. The molecule has 0 heterocycles. The Morgan fingerprint density at radius 3 is 2.69 bits per heavy atom. The summed E-state index contributed by atoms with van der Waals surface area (Å²) in [5.41, 5.74) is 2.04. The van der Waals surface area contributed by atoms with Gasteiger partial charge in [0.2, 0.25) is 0 Å². The number of carbonyl (C=O) groups excluding carboxylic acids is 1. The molecule has 0 unspecified atom stereocenters. The Morgan fingerprint density at radius 1 is 1.38 bits per heavy atom. The molecule has 0 bridgehead atoms. The van der Waals surface area contributed by atoms with E-state index in [4.69, 9.17) is 10.6 Å². The minimum absolute atomic E-state index is 0.0903. The van der Waals surface area contributed by atoms with E-state index in [1.54, 1.807) is 0 Å². The summed E-state index contributed by atoms with van der Waals surface area (Å²) in [4.78, 5) is 10.7. The van der Waals surface area contributed by atoms with Crippen molar-refractivity contribution in [3.05, 3.63) is 0 Å². The molecule has 1 aliphatic rings. The minimum Gasteiger partial charge on any atom is -0.371 e. The molecule has 4 heteroatoms. The van der Waals surface area contributed by atoms with E-state index in [2.05, 4.69) is 0 Å². The number of rotatable bonds is 4. The number of hydrazine groups is 1. The molecule has 1 saturated carbocycles. The van der Waals surface area contributed by atoms with Crippen LogP contribution in [-0.4, -0.2) is 19.1 Å². The van der Waals surface area contributed by atoms with Crippen molar-refractivity contribution in [3.63, 3.8) is 0 Å². The van der Waals surface area contributed by atoms with E-state index in [0.29, 0.717) is 12.5 Å². The lowest BCUT2D eigenvalue weighted by atomic mass is 9.90. The molecule has 1 rings (SSSR count). The van der Waals surface area contributed by atoms with Gasteiger partial charge in [-0.3, -0.25) is 10.2 Å². The summed E-state index contributed by atoms with van der Waals surface area (Å²) >= 11 is 0. The van der Waals surface area contributed by atoms with E-state index in [1.807, 2.05) is 5.43 Å². The van der Waals surface area contributed by atoms with Crippen LogP contribution in [0.5, 0.6) is 0 Å².